The van der Waals surface area contributed by atoms with Gasteiger partial charge in [0.2, 0.25) is 5.91 Å². The molecule has 1 atom stereocenters. The number of benzene rings is 2. The maximum atomic E-state index is 12.0. The minimum atomic E-state index is -0.273. The minimum Gasteiger partial charge on any atom is -0.351 e. The fourth-order valence-electron chi connectivity index (χ4n) is 1.94. The van der Waals surface area contributed by atoms with Crippen LogP contribution in [0.15, 0.2) is 54.6 Å². The molecule has 0 aliphatic rings. The van der Waals surface area contributed by atoms with E-state index >= 15 is 0 Å². The van der Waals surface area contributed by atoms with Crippen LogP contribution in [-0.4, -0.2) is 11.9 Å². The Balaban J connectivity index is 1.79. The monoisotopic (exact) mass is 302 g/mol. The second-order valence-electron chi connectivity index (χ2n) is 4.90. The average Bonchev–Trinajstić information content (AvgIpc) is 2.52. The van der Waals surface area contributed by atoms with Crippen molar-refractivity contribution in [1.29, 1.82) is 0 Å². The normalized spacial score (nSPS) is 11.9. The fourth-order valence-corrected chi connectivity index (χ4v) is 2.14. The van der Waals surface area contributed by atoms with E-state index in [9.17, 15) is 4.79 Å². The summed E-state index contributed by atoms with van der Waals surface area (Å²) in [7, 11) is 0. The van der Waals surface area contributed by atoms with Crippen LogP contribution >= 0.6 is 11.6 Å². The second kappa shape index (κ2) is 7.81. The first-order valence-electron chi connectivity index (χ1n) is 6.95. The number of nitrogens with one attached hydrogen (secondary N) is 2. The molecule has 0 spiro atoms. The van der Waals surface area contributed by atoms with Gasteiger partial charge >= 0.3 is 0 Å². The Morgan fingerprint density at radius 2 is 1.71 bits per heavy atom. The van der Waals surface area contributed by atoms with E-state index in [-0.39, 0.29) is 11.9 Å². The number of amides is 1. The highest BCUT2D eigenvalue weighted by atomic mass is 35.5. The third-order valence-corrected chi connectivity index (χ3v) is 3.63. The number of halogens is 1. The van der Waals surface area contributed by atoms with Gasteiger partial charge in [0.25, 0.3) is 0 Å². The molecule has 4 heteroatoms. The first kappa shape index (κ1) is 15.5. The van der Waals surface area contributed by atoms with E-state index in [4.69, 9.17) is 11.6 Å². The van der Waals surface area contributed by atoms with E-state index < -0.39 is 0 Å². The quantitative estimate of drug-likeness (QED) is 0.861. The molecule has 0 aliphatic heterocycles. The lowest BCUT2D eigenvalue weighted by atomic mass is 10.2. The Morgan fingerprint density at radius 3 is 2.43 bits per heavy atom. The minimum absolute atomic E-state index is 0.0223. The van der Waals surface area contributed by atoms with Crippen molar-refractivity contribution < 1.29 is 4.79 Å². The highest BCUT2D eigenvalue weighted by Gasteiger charge is 2.12. The molecule has 0 aromatic heterocycles. The van der Waals surface area contributed by atoms with Crippen molar-refractivity contribution >= 4 is 17.5 Å². The van der Waals surface area contributed by atoms with Gasteiger partial charge in [-0.1, -0.05) is 60.1 Å². The van der Waals surface area contributed by atoms with Gasteiger partial charge in [-0.2, -0.15) is 0 Å². The van der Waals surface area contributed by atoms with Gasteiger partial charge in [-0.15, -0.1) is 0 Å². The molecule has 0 heterocycles. The average molecular weight is 303 g/mol. The van der Waals surface area contributed by atoms with Gasteiger partial charge in [0, 0.05) is 18.1 Å². The molecule has 0 bridgehead atoms. The molecule has 2 rings (SSSR count). The Labute approximate surface area is 130 Å². The van der Waals surface area contributed by atoms with Crippen molar-refractivity contribution in [3.05, 3.63) is 70.7 Å². The zero-order chi connectivity index (χ0) is 15.1. The fraction of sp³-hybridized carbons (Fsp3) is 0.235. The molecule has 0 saturated heterocycles. The smallest absolute Gasteiger partial charge is 0.237 e. The molecule has 2 N–H and O–H groups in total. The van der Waals surface area contributed by atoms with Crippen LogP contribution in [0.4, 0.5) is 0 Å². The summed E-state index contributed by atoms with van der Waals surface area (Å²) in [6.07, 6.45) is 0. The van der Waals surface area contributed by atoms with Gasteiger partial charge < -0.3 is 10.6 Å². The van der Waals surface area contributed by atoms with Gasteiger partial charge in [-0.3, -0.25) is 4.79 Å². The van der Waals surface area contributed by atoms with Crippen molar-refractivity contribution in [2.24, 2.45) is 0 Å². The molecule has 0 aliphatic carbocycles. The summed E-state index contributed by atoms with van der Waals surface area (Å²) in [5.41, 5.74) is 2.08. The molecule has 2 aromatic carbocycles. The maximum Gasteiger partial charge on any atom is 0.237 e. The van der Waals surface area contributed by atoms with Crippen LogP contribution in [0.1, 0.15) is 18.1 Å². The molecular weight excluding hydrogens is 284 g/mol. The lowest BCUT2D eigenvalue weighted by Gasteiger charge is -2.14. The van der Waals surface area contributed by atoms with Crippen molar-refractivity contribution in [2.45, 2.75) is 26.1 Å². The zero-order valence-electron chi connectivity index (χ0n) is 12.0. The molecule has 110 valence electrons. The van der Waals surface area contributed by atoms with Crippen LogP contribution < -0.4 is 10.6 Å². The van der Waals surface area contributed by atoms with Crippen LogP contribution in [-0.2, 0) is 17.9 Å². The van der Waals surface area contributed by atoms with Crippen LogP contribution in [0.25, 0.3) is 0 Å². The van der Waals surface area contributed by atoms with E-state index in [2.05, 4.69) is 10.6 Å². The summed E-state index contributed by atoms with van der Waals surface area (Å²) in [6.45, 7) is 2.95. The zero-order valence-corrected chi connectivity index (χ0v) is 12.7. The van der Waals surface area contributed by atoms with Crippen molar-refractivity contribution in [2.75, 3.05) is 0 Å². The summed E-state index contributed by atoms with van der Waals surface area (Å²) in [4.78, 5) is 12.0. The molecule has 0 fully saturated rings. The van der Waals surface area contributed by atoms with Crippen LogP contribution in [0.5, 0.6) is 0 Å². The molecule has 2 aromatic rings. The number of carbonyl (C=O) groups excluding carboxylic acids is 1. The lowest BCUT2D eigenvalue weighted by Crippen LogP contribution is -2.41. The Hall–Kier alpha value is -1.84. The van der Waals surface area contributed by atoms with Gasteiger partial charge in [0.1, 0.15) is 0 Å². The summed E-state index contributed by atoms with van der Waals surface area (Å²) < 4.78 is 0. The van der Waals surface area contributed by atoms with Crippen LogP contribution in [0.2, 0.25) is 5.02 Å². The third kappa shape index (κ3) is 4.88. The highest BCUT2D eigenvalue weighted by molar-refractivity contribution is 6.31. The van der Waals surface area contributed by atoms with Crippen molar-refractivity contribution in [3.63, 3.8) is 0 Å². The number of hydrogen-bond donors (Lipinski definition) is 2. The first-order chi connectivity index (χ1) is 10.2. The van der Waals surface area contributed by atoms with Gasteiger partial charge in [-0.05, 0) is 24.1 Å². The molecule has 0 radical (unpaired) electrons. The lowest BCUT2D eigenvalue weighted by molar-refractivity contribution is -0.122. The van der Waals surface area contributed by atoms with Gasteiger partial charge in [0.05, 0.1) is 6.04 Å². The van der Waals surface area contributed by atoms with Crippen LogP contribution in [0, 0.1) is 0 Å². The van der Waals surface area contributed by atoms with E-state index in [0.717, 1.165) is 11.1 Å². The number of rotatable bonds is 6. The van der Waals surface area contributed by atoms with Crippen LogP contribution in [0.3, 0.4) is 0 Å². The second-order valence-corrected chi connectivity index (χ2v) is 5.30. The molecule has 1 amide bonds. The standard InChI is InChI=1S/C17H19ClN2O/c1-13(19-12-15-9-5-6-10-16(15)18)17(21)20-11-14-7-3-2-4-8-14/h2-10,13,19H,11-12H2,1H3,(H,20,21)/t13-/m0/s1. The third-order valence-electron chi connectivity index (χ3n) is 3.26. The van der Waals surface area contributed by atoms with E-state index in [0.29, 0.717) is 18.1 Å². The molecule has 0 unspecified atom stereocenters. The summed E-state index contributed by atoms with van der Waals surface area (Å²) >= 11 is 6.09. The topological polar surface area (TPSA) is 41.1 Å². The number of carbonyl (C=O) groups is 1. The largest absolute Gasteiger partial charge is 0.351 e. The predicted octanol–water partition coefficient (Wildman–Crippen LogP) is 3.13. The van der Waals surface area contributed by atoms with Gasteiger partial charge in [-0.25, -0.2) is 0 Å². The molecule has 0 saturated carbocycles. The van der Waals surface area contributed by atoms with Crippen molar-refractivity contribution in [3.8, 4) is 0 Å². The van der Waals surface area contributed by atoms with Gasteiger partial charge in [0.15, 0.2) is 0 Å². The highest BCUT2D eigenvalue weighted by Crippen LogP contribution is 2.14. The number of hydrogen-bond acceptors (Lipinski definition) is 2. The van der Waals surface area contributed by atoms with Crippen molar-refractivity contribution in [1.82, 2.24) is 10.6 Å². The Kier molecular flexibility index (Phi) is 5.78. The van der Waals surface area contributed by atoms with E-state index in [1.165, 1.54) is 0 Å². The SMILES string of the molecule is C[C@H](NCc1ccccc1Cl)C(=O)NCc1ccccc1. The maximum absolute atomic E-state index is 12.0. The Bertz CT molecular complexity index is 586. The van der Waals surface area contributed by atoms with E-state index in [1.807, 2.05) is 61.5 Å². The summed E-state index contributed by atoms with van der Waals surface area (Å²) in [6, 6.07) is 17.2. The molecule has 3 nitrogen and oxygen atoms in total. The molecular formula is C17H19ClN2O. The Morgan fingerprint density at radius 1 is 1.05 bits per heavy atom. The summed E-state index contributed by atoms with van der Waals surface area (Å²) in [5, 5.41) is 6.80. The molecule has 21 heavy (non-hydrogen) atoms. The van der Waals surface area contributed by atoms with E-state index in [1.54, 1.807) is 0 Å². The first-order valence-corrected chi connectivity index (χ1v) is 7.33. The predicted molar refractivity (Wildman–Crippen MR) is 86.0 cm³/mol. The summed E-state index contributed by atoms with van der Waals surface area (Å²) in [5.74, 6) is -0.0223.